The van der Waals surface area contributed by atoms with Crippen molar-refractivity contribution in [3.05, 3.63) is 12.3 Å². The molecule has 1 amide bonds. The van der Waals surface area contributed by atoms with Gasteiger partial charge in [-0.1, -0.05) is 0 Å². The Hall–Kier alpha value is -1.36. The molecule has 0 unspecified atom stereocenters. The molecule has 0 radical (unpaired) electrons. The Kier molecular flexibility index (Phi) is 3.98. The number of amides is 1. The molecule has 0 aromatic carbocycles. The van der Waals surface area contributed by atoms with Crippen LogP contribution in [-0.4, -0.2) is 36.9 Å². The lowest BCUT2D eigenvalue weighted by molar-refractivity contribution is -0.118. The molecule has 0 spiro atoms. The number of carbonyl (C=O) groups is 1. The first-order valence-corrected chi connectivity index (χ1v) is 4.22. The second-order valence-corrected chi connectivity index (χ2v) is 2.69. The number of nitrogens with one attached hydrogen (secondary N) is 2. The second kappa shape index (κ2) is 5.31. The predicted molar refractivity (Wildman–Crippen MR) is 51.0 cm³/mol. The third-order valence-corrected chi connectivity index (χ3v) is 1.51. The summed E-state index contributed by atoms with van der Waals surface area (Å²) in [5.41, 5.74) is 3.10. The van der Waals surface area contributed by atoms with Gasteiger partial charge in [0.2, 0.25) is 5.91 Å². The topological polar surface area (TPSA) is 56.7 Å². The monoisotopic (exact) mass is 182 g/mol. The van der Waals surface area contributed by atoms with Crippen LogP contribution >= 0.6 is 0 Å². The van der Waals surface area contributed by atoms with Crippen molar-refractivity contribution in [2.75, 3.05) is 19.6 Å². The number of nitrogens with zero attached hydrogens (tertiary/aromatic N) is 2. The second-order valence-electron chi connectivity index (χ2n) is 2.69. The number of rotatable bonds is 4. The molecule has 0 atom stereocenters. The lowest BCUT2D eigenvalue weighted by atomic mass is 10.5. The predicted octanol–water partition coefficient (Wildman–Crippen LogP) is -0.515. The van der Waals surface area contributed by atoms with E-state index in [0.29, 0.717) is 13.1 Å². The summed E-state index contributed by atoms with van der Waals surface area (Å²) in [7, 11) is 0. The minimum Gasteiger partial charge on any atom is -0.355 e. The lowest BCUT2D eigenvalue weighted by Gasteiger charge is -2.20. The molecule has 1 aliphatic heterocycles. The van der Waals surface area contributed by atoms with Gasteiger partial charge in [0, 0.05) is 26.2 Å². The van der Waals surface area contributed by atoms with E-state index in [0.717, 1.165) is 6.54 Å². The summed E-state index contributed by atoms with van der Waals surface area (Å²) in [6.07, 6.45) is 5.42. The number of hydrogen-bond acceptors (Lipinski definition) is 4. The maximum absolute atomic E-state index is 10.5. The zero-order chi connectivity index (χ0) is 9.52. The van der Waals surface area contributed by atoms with Crippen LogP contribution in [0.1, 0.15) is 6.92 Å². The van der Waals surface area contributed by atoms with Gasteiger partial charge in [-0.05, 0) is 6.08 Å². The molecular formula is C8H14N4O. The summed E-state index contributed by atoms with van der Waals surface area (Å²) in [5, 5.41) is 4.56. The lowest BCUT2D eigenvalue weighted by Crippen LogP contribution is -2.42. The van der Waals surface area contributed by atoms with Crippen LogP contribution in [0.4, 0.5) is 0 Å². The van der Waals surface area contributed by atoms with Crippen LogP contribution in [-0.2, 0) is 4.79 Å². The summed E-state index contributed by atoms with van der Waals surface area (Å²) < 4.78 is 0. The van der Waals surface area contributed by atoms with Crippen LogP contribution < -0.4 is 10.7 Å². The minimum absolute atomic E-state index is 0.00555. The van der Waals surface area contributed by atoms with Gasteiger partial charge in [-0.15, -0.1) is 0 Å². The summed E-state index contributed by atoms with van der Waals surface area (Å²) in [6.45, 7) is 3.65. The molecule has 2 N–H and O–H groups in total. The van der Waals surface area contributed by atoms with Gasteiger partial charge in [0.15, 0.2) is 0 Å². The maximum atomic E-state index is 10.5. The van der Waals surface area contributed by atoms with Crippen molar-refractivity contribution < 1.29 is 4.79 Å². The summed E-state index contributed by atoms with van der Waals surface area (Å²) in [5.74, 6) is -0.00555. The van der Waals surface area contributed by atoms with E-state index < -0.39 is 0 Å². The Morgan fingerprint density at radius 2 is 2.46 bits per heavy atom. The highest BCUT2D eigenvalue weighted by Gasteiger charge is 1.98. The number of carbonyl (C=O) groups excluding carboxylic acids is 1. The molecule has 5 heteroatoms. The van der Waals surface area contributed by atoms with Crippen molar-refractivity contribution in [3.63, 3.8) is 0 Å². The average Bonchev–Trinajstić information content (AvgIpc) is 2.14. The maximum Gasteiger partial charge on any atom is 0.216 e. The molecule has 5 nitrogen and oxygen atoms in total. The van der Waals surface area contributed by atoms with E-state index in [1.165, 1.54) is 6.92 Å². The van der Waals surface area contributed by atoms with Gasteiger partial charge in [0.1, 0.15) is 6.34 Å². The van der Waals surface area contributed by atoms with Gasteiger partial charge < -0.3 is 5.32 Å². The quantitative estimate of drug-likeness (QED) is 0.575. The molecule has 0 bridgehead atoms. The van der Waals surface area contributed by atoms with Crippen LogP contribution in [0.3, 0.4) is 0 Å². The number of hydrogen-bond donors (Lipinski definition) is 2. The summed E-state index contributed by atoms with van der Waals surface area (Å²) in [6, 6.07) is 0. The average molecular weight is 182 g/mol. The van der Waals surface area contributed by atoms with E-state index >= 15 is 0 Å². The highest BCUT2D eigenvalue weighted by atomic mass is 16.1. The van der Waals surface area contributed by atoms with E-state index in [-0.39, 0.29) is 5.91 Å². The van der Waals surface area contributed by atoms with Crippen LogP contribution in [0.15, 0.2) is 17.3 Å². The van der Waals surface area contributed by atoms with Gasteiger partial charge in [0.25, 0.3) is 0 Å². The molecule has 13 heavy (non-hydrogen) atoms. The Balaban J connectivity index is 2.03. The Bertz CT molecular complexity index is 224. The zero-order valence-corrected chi connectivity index (χ0v) is 7.66. The summed E-state index contributed by atoms with van der Waals surface area (Å²) in [4.78, 5) is 14.4. The van der Waals surface area contributed by atoms with E-state index in [1.54, 1.807) is 12.5 Å². The molecule has 1 heterocycles. The molecule has 72 valence electrons. The Morgan fingerprint density at radius 3 is 3.08 bits per heavy atom. The highest BCUT2D eigenvalue weighted by molar-refractivity contribution is 5.72. The molecule has 0 aromatic heterocycles. The molecule has 0 saturated carbocycles. The zero-order valence-electron chi connectivity index (χ0n) is 7.66. The van der Waals surface area contributed by atoms with E-state index in [4.69, 9.17) is 0 Å². The summed E-state index contributed by atoms with van der Waals surface area (Å²) >= 11 is 0. The Morgan fingerprint density at radius 1 is 1.62 bits per heavy atom. The third-order valence-electron chi connectivity index (χ3n) is 1.51. The molecule has 1 rings (SSSR count). The van der Waals surface area contributed by atoms with Gasteiger partial charge in [-0.25, -0.2) is 10.4 Å². The van der Waals surface area contributed by atoms with E-state index in [2.05, 4.69) is 15.7 Å². The normalized spacial score (nSPS) is 14.7. The number of aliphatic imine (C=N–C) groups is 1. The molecule has 0 fully saturated rings. The van der Waals surface area contributed by atoms with Crippen molar-refractivity contribution in [1.82, 2.24) is 15.8 Å². The molecule has 1 aliphatic rings. The number of hydrazine groups is 1. The van der Waals surface area contributed by atoms with Gasteiger partial charge >= 0.3 is 0 Å². The van der Waals surface area contributed by atoms with Crippen molar-refractivity contribution in [2.45, 2.75) is 6.92 Å². The molecule has 0 aliphatic carbocycles. The van der Waals surface area contributed by atoms with Crippen molar-refractivity contribution >= 4 is 12.2 Å². The van der Waals surface area contributed by atoms with Gasteiger partial charge in [0.05, 0.1) is 6.54 Å². The van der Waals surface area contributed by atoms with Crippen molar-refractivity contribution in [3.8, 4) is 0 Å². The van der Waals surface area contributed by atoms with Crippen LogP contribution in [0, 0.1) is 0 Å². The van der Waals surface area contributed by atoms with Crippen LogP contribution in [0.2, 0.25) is 0 Å². The van der Waals surface area contributed by atoms with E-state index in [9.17, 15) is 4.79 Å². The molecular weight excluding hydrogens is 168 g/mol. The van der Waals surface area contributed by atoms with E-state index in [1.807, 2.05) is 11.1 Å². The Labute approximate surface area is 77.5 Å². The molecule has 0 saturated heterocycles. The van der Waals surface area contributed by atoms with Crippen molar-refractivity contribution in [2.24, 2.45) is 4.99 Å². The van der Waals surface area contributed by atoms with Gasteiger partial charge in [-0.3, -0.25) is 9.80 Å². The smallest absolute Gasteiger partial charge is 0.216 e. The first-order chi connectivity index (χ1) is 6.29. The third kappa shape index (κ3) is 4.27. The van der Waals surface area contributed by atoms with Crippen LogP contribution in [0.5, 0.6) is 0 Å². The highest BCUT2D eigenvalue weighted by Crippen LogP contribution is 1.87. The van der Waals surface area contributed by atoms with Crippen molar-refractivity contribution in [1.29, 1.82) is 0 Å². The fraction of sp³-hybridized carbons (Fsp3) is 0.500. The largest absolute Gasteiger partial charge is 0.355 e. The first-order valence-electron chi connectivity index (χ1n) is 4.22. The standard InChI is InChI=1S/C8H14N4O/c1-8(13)10-4-5-11-12-6-2-3-9-7-12/h2-3,7,11H,4-6H2,1H3,(H,10,13). The molecule has 0 aromatic rings. The van der Waals surface area contributed by atoms with Crippen LogP contribution in [0.25, 0.3) is 0 Å². The first kappa shape index (κ1) is 9.73. The van der Waals surface area contributed by atoms with Gasteiger partial charge in [-0.2, -0.15) is 0 Å². The minimum atomic E-state index is -0.00555. The fourth-order valence-electron chi connectivity index (χ4n) is 0.931. The fourth-order valence-corrected chi connectivity index (χ4v) is 0.931. The SMILES string of the molecule is CC(=O)NCCNN1C=NC=CC1.